The second-order valence-electron chi connectivity index (χ2n) is 8.39. The summed E-state index contributed by atoms with van der Waals surface area (Å²) in [5, 5.41) is 0. The Kier molecular flexibility index (Phi) is 5.00. The maximum absolute atomic E-state index is 13.7. The van der Waals surface area contributed by atoms with Crippen LogP contribution < -0.4 is 0 Å². The monoisotopic (exact) mass is 380 g/mol. The molecule has 0 spiro atoms. The third-order valence-corrected chi connectivity index (χ3v) is 6.40. The summed E-state index contributed by atoms with van der Waals surface area (Å²) < 4.78 is 0. The van der Waals surface area contributed by atoms with Crippen molar-refractivity contribution in [1.82, 2.24) is 0 Å². The summed E-state index contributed by atoms with van der Waals surface area (Å²) in [5.41, 5.74) is 12.7. The van der Waals surface area contributed by atoms with Gasteiger partial charge in [0, 0.05) is 11.1 Å². The summed E-state index contributed by atoms with van der Waals surface area (Å²) >= 11 is 0. The van der Waals surface area contributed by atoms with Gasteiger partial charge in [-0.2, -0.15) is 0 Å². The van der Waals surface area contributed by atoms with Gasteiger partial charge in [-0.05, 0) is 86.4 Å². The zero-order valence-corrected chi connectivity index (χ0v) is 18.0. The molecule has 146 valence electrons. The van der Waals surface area contributed by atoms with Crippen LogP contribution in [0.5, 0.6) is 0 Å². The fourth-order valence-corrected chi connectivity index (χ4v) is 4.38. The molecule has 0 fully saturated rings. The Labute approximate surface area is 174 Å². The Bertz CT molecular complexity index is 1140. The van der Waals surface area contributed by atoms with Crippen LogP contribution in [0.4, 0.5) is 0 Å². The highest BCUT2D eigenvalue weighted by atomic mass is 16.1. The van der Waals surface area contributed by atoms with Gasteiger partial charge in [-0.25, -0.2) is 0 Å². The lowest BCUT2D eigenvalue weighted by Gasteiger charge is -2.25. The molecular weight excluding hydrogens is 352 g/mol. The molecule has 3 aromatic rings. The third kappa shape index (κ3) is 3.46. The number of hydrogen-bond donors (Lipinski definition) is 0. The molecule has 0 bridgehead atoms. The van der Waals surface area contributed by atoms with Gasteiger partial charge in [-0.15, -0.1) is 0 Å². The first-order valence-electron chi connectivity index (χ1n) is 10.4. The zero-order valence-electron chi connectivity index (χ0n) is 18.0. The second-order valence-corrected chi connectivity index (χ2v) is 8.39. The van der Waals surface area contributed by atoms with Gasteiger partial charge >= 0.3 is 0 Å². The normalized spacial score (nSPS) is 13.4. The molecule has 29 heavy (non-hydrogen) atoms. The first kappa shape index (κ1) is 19.4. The molecule has 3 aromatic carbocycles. The van der Waals surface area contributed by atoms with Gasteiger partial charge in [0.2, 0.25) is 0 Å². The van der Waals surface area contributed by atoms with E-state index in [2.05, 4.69) is 65.0 Å². The summed E-state index contributed by atoms with van der Waals surface area (Å²) in [6, 6.07) is 18.8. The van der Waals surface area contributed by atoms with Gasteiger partial charge in [0.15, 0.2) is 5.78 Å². The van der Waals surface area contributed by atoms with Crippen LogP contribution in [-0.4, -0.2) is 5.78 Å². The van der Waals surface area contributed by atoms with Crippen LogP contribution >= 0.6 is 0 Å². The van der Waals surface area contributed by atoms with Gasteiger partial charge < -0.3 is 0 Å². The van der Waals surface area contributed by atoms with E-state index in [1.54, 1.807) is 0 Å². The number of hydrogen-bond acceptors (Lipinski definition) is 1. The predicted octanol–water partition coefficient (Wildman–Crippen LogP) is 6.97. The van der Waals surface area contributed by atoms with Crippen LogP contribution in [0.15, 0.2) is 54.6 Å². The minimum absolute atomic E-state index is 0.127. The van der Waals surface area contributed by atoms with Crippen LogP contribution in [0, 0.1) is 34.6 Å². The van der Waals surface area contributed by atoms with Gasteiger partial charge in [0.1, 0.15) is 0 Å². The summed E-state index contributed by atoms with van der Waals surface area (Å²) in [5.74, 6) is 0.127. The van der Waals surface area contributed by atoms with E-state index in [0.717, 1.165) is 29.5 Å². The van der Waals surface area contributed by atoms with E-state index < -0.39 is 0 Å². The maximum atomic E-state index is 13.7. The van der Waals surface area contributed by atoms with E-state index in [9.17, 15) is 4.79 Å². The first-order valence-corrected chi connectivity index (χ1v) is 10.4. The maximum Gasteiger partial charge on any atom is 0.193 e. The third-order valence-electron chi connectivity index (χ3n) is 6.40. The molecule has 0 unspecified atom stereocenters. The summed E-state index contributed by atoms with van der Waals surface area (Å²) in [7, 11) is 0. The lowest BCUT2D eigenvalue weighted by molar-refractivity contribution is 0.105. The van der Waals surface area contributed by atoms with E-state index in [-0.39, 0.29) is 5.78 Å². The van der Waals surface area contributed by atoms with E-state index >= 15 is 0 Å². The number of benzene rings is 3. The number of allylic oxidation sites excluding steroid dienone is 2. The van der Waals surface area contributed by atoms with Crippen molar-refractivity contribution in [3.63, 3.8) is 0 Å². The van der Waals surface area contributed by atoms with Crippen LogP contribution in [0.2, 0.25) is 0 Å². The highest BCUT2D eigenvalue weighted by Crippen LogP contribution is 2.40. The minimum Gasteiger partial charge on any atom is -0.289 e. The number of Topliss-reactive ketones (excluding diaryl/α,β-unsaturated/α-hetero) is 1. The molecule has 1 aliphatic carbocycles. The van der Waals surface area contributed by atoms with Crippen LogP contribution in [0.1, 0.15) is 61.3 Å². The molecule has 0 aromatic heterocycles. The molecule has 4 rings (SSSR count). The average molecular weight is 381 g/mol. The Morgan fingerprint density at radius 3 is 2.07 bits per heavy atom. The molecule has 0 radical (unpaired) electrons. The van der Waals surface area contributed by atoms with Crippen molar-refractivity contribution in [3.8, 4) is 0 Å². The minimum atomic E-state index is 0.127. The number of aryl methyl sites for hydroxylation is 4. The summed E-state index contributed by atoms with van der Waals surface area (Å²) in [6.07, 6.45) is 1.87. The Balaban J connectivity index is 1.98. The predicted molar refractivity (Wildman–Crippen MR) is 122 cm³/mol. The van der Waals surface area contributed by atoms with Crippen molar-refractivity contribution in [2.24, 2.45) is 0 Å². The topological polar surface area (TPSA) is 17.1 Å². The molecule has 1 aliphatic rings. The Hall–Kier alpha value is -2.93. The molecule has 0 aliphatic heterocycles. The van der Waals surface area contributed by atoms with Crippen molar-refractivity contribution in [2.45, 2.75) is 47.5 Å². The molecule has 1 nitrogen and oxygen atoms in total. The van der Waals surface area contributed by atoms with E-state index in [4.69, 9.17) is 0 Å². The van der Waals surface area contributed by atoms with Crippen molar-refractivity contribution in [1.29, 1.82) is 0 Å². The average Bonchev–Trinajstić information content (AvgIpc) is 2.71. The number of carbonyl (C=O) groups is 1. The number of carbonyl (C=O) groups excluding carboxylic acids is 1. The quantitative estimate of drug-likeness (QED) is 0.448. The summed E-state index contributed by atoms with van der Waals surface area (Å²) in [4.78, 5) is 13.7. The number of ketones is 1. The van der Waals surface area contributed by atoms with E-state index in [1.165, 1.54) is 44.5 Å². The van der Waals surface area contributed by atoms with Crippen molar-refractivity contribution >= 4 is 16.9 Å². The lowest BCUT2D eigenvalue weighted by atomic mass is 9.77. The molecule has 0 saturated carbocycles. The molecule has 1 heteroatoms. The van der Waals surface area contributed by atoms with Crippen LogP contribution in [-0.2, 0) is 6.42 Å². The molecule has 0 amide bonds. The highest BCUT2D eigenvalue weighted by molar-refractivity contribution is 6.35. The van der Waals surface area contributed by atoms with Gasteiger partial charge in [-0.3, -0.25) is 4.79 Å². The second kappa shape index (κ2) is 7.48. The first-order chi connectivity index (χ1) is 13.9. The summed E-state index contributed by atoms with van der Waals surface area (Å²) in [6.45, 7) is 10.7. The lowest BCUT2D eigenvalue weighted by Crippen LogP contribution is -2.13. The van der Waals surface area contributed by atoms with Crippen LogP contribution in [0.25, 0.3) is 11.1 Å². The number of rotatable bonds is 3. The fourth-order valence-electron chi connectivity index (χ4n) is 4.38. The SMILES string of the molecule is Cc1ccc(C(=O)C2=C(c3ccc(C)c(C)c3C)CCc3cc(C)ccc32)cc1. The standard InChI is InChI=1S/C28H28O/c1-17-6-10-22(11-7-17)28(29)27-25-13-8-18(2)16-23(25)12-15-26(27)24-14-9-19(3)20(4)21(24)5/h6-11,13-14,16H,12,15H2,1-5H3. The van der Waals surface area contributed by atoms with E-state index in [1.807, 2.05) is 24.3 Å². The molecular formula is C28H28O. The smallest absolute Gasteiger partial charge is 0.193 e. The largest absolute Gasteiger partial charge is 0.289 e. The van der Waals surface area contributed by atoms with Gasteiger partial charge in [0.05, 0.1) is 0 Å². The van der Waals surface area contributed by atoms with Crippen molar-refractivity contribution < 1.29 is 4.79 Å². The Morgan fingerprint density at radius 2 is 1.34 bits per heavy atom. The van der Waals surface area contributed by atoms with Gasteiger partial charge in [-0.1, -0.05) is 65.7 Å². The van der Waals surface area contributed by atoms with Crippen molar-refractivity contribution in [2.75, 3.05) is 0 Å². The Morgan fingerprint density at radius 1 is 0.690 bits per heavy atom. The fraction of sp³-hybridized carbons (Fsp3) is 0.250. The molecule has 0 N–H and O–H groups in total. The van der Waals surface area contributed by atoms with E-state index in [0.29, 0.717) is 0 Å². The molecule has 0 atom stereocenters. The molecule has 0 saturated heterocycles. The molecule has 0 heterocycles. The number of fused-ring (bicyclic) bond motifs is 1. The van der Waals surface area contributed by atoms with Crippen molar-refractivity contribution in [3.05, 3.63) is 105 Å². The highest BCUT2D eigenvalue weighted by Gasteiger charge is 2.27. The zero-order chi connectivity index (χ0) is 20.7. The van der Waals surface area contributed by atoms with Crippen LogP contribution in [0.3, 0.4) is 0 Å². The van der Waals surface area contributed by atoms with Gasteiger partial charge in [0.25, 0.3) is 0 Å².